The van der Waals surface area contributed by atoms with E-state index in [0.717, 1.165) is 24.3 Å². The first-order chi connectivity index (χ1) is 11.2. The van der Waals surface area contributed by atoms with Crippen molar-refractivity contribution in [2.24, 2.45) is 0 Å². The lowest BCUT2D eigenvalue weighted by atomic mass is 10.1. The lowest BCUT2D eigenvalue weighted by Gasteiger charge is -2.23. The van der Waals surface area contributed by atoms with Crippen molar-refractivity contribution in [1.82, 2.24) is 10.1 Å². The van der Waals surface area contributed by atoms with Gasteiger partial charge in [-0.25, -0.2) is 4.79 Å². The average molecular weight is 315 g/mol. The molecule has 1 fully saturated rings. The van der Waals surface area contributed by atoms with E-state index in [2.05, 4.69) is 10.5 Å². The third kappa shape index (κ3) is 2.58. The molecule has 23 heavy (non-hydrogen) atoms. The number of hydrogen-bond acceptors (Lipinski definition) is 5. The van der Waals surface area contributed by atoms with E-state index in [1.807, 2.05) is 13.0 Å². The summed E-state index contributed by atoms with van der Waals surface area (Å²) in [5.74, 6) is 2.09. The van der Waals surface area contributed by atoms with Gasteiger partial charge in [0, 0.05) is 24.4 Å². The Labute approximate surface area is 133 Å². The Morgan fingerprint density at radius 2 is 2.17 bits per heavy atom. The number of aryl methyl sites for hydroxylation is 1. The molecule has 0 saturated carbocycles. The van der Waals surface area contributed by atoms with Gasteiger partial charge in [-0.05, 0) is 31.9 Å². The topological polar surface area (TPSA) is 76.8 Å². The number of likely N-dealkylation sites (tertiary alicyclic amines) is 1. The van der Waals surface area contributed by atoms with Gasteiger partial charge < -0.3 is 24.2 Å². The molecule has 0 aliphatic carbocycles. The fourth-order valence-electron chi connectivity index (χ4n) is 3.03. The number of nitrogens with one attached hydrogen (secondary N) is 1. The standard InChI is InChI=1S/C16H17N3O4/c1-10-7-12(18-23-10)13-3-2-6-19(13)16(20)17-11-4-5-14-15(8-11)22-9-21-14/h4-5,7-8,13H,2-3,6,9H2,1H3,(H,17,20). The van der Waals surface area contributed by atoms with Gasteiger partial charge in [-0.3, -0.25) is 0 Å². The quantitative estimate of drug-likeness (QED) is 0.921. The minimum atomic E-state index is -0.146. The number of carbonyl (C=O) groups excluding carboxylic acids is 1. The van der Waals surface area contributed by atoms with Crippen molar-refractivity contribution in [2.75, 3.05) is 18.7 Å². The molecule has 7 nitrogen and oxygen atoms in total. The first-order valence-corrected chi connectivity index (χ1v) is 7.61. The van der Waals surface area contributed by atoms with E-state index in [-0.39, 0.29) is 18.9 Å². The molecule has 1 unspecified atom stereocenters. The molecule has 120 valence electrons. The van der Waals surface area contributed by atoms with Crippen molar-refractivity contribution in [1.29, 1.82) is 0 Å². The van der Waals surface area contributed by atoms with Gasteiger partial charge in [0.2, 0.25) is 6.79 Å². The number of urea groups is 1. The zero-order chi connectivity index (χ0) is 15.8. The second-order valence-corrected chi connectivity index (χ2v) is 5.71. The smallest absolute Gasteiger partial charge is 0.322 e. The lowest BCUT2D eigenvalue weighted by Crippen LogP contribution is -2.34. The molecule has 2 aromatic rings. The molecular weight excluding hydrogens is 298 g/mol. The number of rotatable bonds is 2. The van der Waals surface area contributed by atoms with E-state index in [0.29, 0.717) is 23.7 Å². The highest BCUT2D eigenvalue weighted by molar-refractivity contribution is 5.90. The fourth-order valence-corrected chi connectivity index (χ4v) is 3.03. The highest BCUT2D eigenvalue weighted by Gasteiger charge is 2.32. The SMILES string of the molecule is Cc1cc(C2CCCN2C(=O)Nc2ccc3c(c2)OCO3)no1. The van der Waals surface area contributed by atoms with Crippen molar-refractivity contribution in [3.8, 4) is 11.5 Å². The summed E-state index contributed by atoms with van der Waals surface area (Å²) in [7, 11) is 0. The number of aromatic nitrogens is 1. The van der Waals surface area contributed by atoms with Gasteiger partial charge in [-0.2, -0.15) is 0 Å². The molecule has 3 heterocycles. The van der Waals surface area contributed by atoms with Crippen LogP contribution in [0.3, 0.4) is 0 Å². The zero-order valence-corrected chi connectivity index (χ0v) is 12.7. The van der Waals surface area contributed by atoms with Gasteiger partial charge >= 0.3 is 6.03 Å². The molecule has 4 rings (SSSR count). The van der Waals surface area contributed by atoms with Gasteiger partial charge in [0.25, 0.3) is 0 Å². The first-order valence-electron chi connectivity index (χ1n) is 7.61. The highest BCUT2D eigenvalue weighted by Crippen LogP contribution is 2.35. The predicted octanol–water partition coefficient (Wildman–Crippen LogP) is 3.08. The van der Waals surface area contributed by atoms with Crippen LogP contribution >= 0.6 is 0 Å². The largest absolute Gasteiger partial charge is 0.454 e. The number of nitrogens with zero attached hydrogens (tertiary/aromatic N) is 2. The molecule has 0 radical (unpaired) electrons. The number of amides is 2. The van der Waals surface area contributed by atoms with E-state index >= 15 is 0 Å². The fraction of sp³-hybridized carbons (Fsp3) is 0.375. The Balaban J connectivity index is 1.50. The number of hydrogen-bond donors (Lipinski definition) is 1. The molecule has 2 amide bonds. The second-order valence-electron chi connectivity index (χ2n) is 5.71. The number of anilines is 1. The molecule has 1 N–H and O–H groups in total. The maximum absolute atomic E-state index is 12.6. The molecule has 1 atom stereocenters. The highest BCUT2D eigenvalue weighted by atomic mass is 16.7. The monoisotopic (exact) mass is 315 g/mol. The van der Waals surface area contributed by atoms with Gasteiger partial charge in [0.15, 0.2) is 11.5 Å². The van der Waals surface area contributed by atoms with Crippen LogP contribution in [0.1, 0.15) is 30.3 Å². The minimum absolute atomic E-state index is 0.0403. The van der Waals surface area contributed by atoms with Crippen LogP contribution < -0.4 is 14.8 Å². The van der Waals surface area contributed by atoms with Crippen LogP contribution in [0.4, 0.5) is 10.5 Å². The molecule has 1 aromatic carbocycles. The van der Waals surface area contributed by atoms with E-state index in [1.165, 1.54) is 0 Å². The van der Waals surface area contributed by atoms with Crippen molar-refractivity contribution >= 4 is 11.7 Å². The van der Waals surface area contributed by atoms with Gasteiger partial charge in [-0.15, -0.1) is 0 Å². The lowest BCUT2D eigenvalue weighted by molar-refractivity contribution is 0.174. The van der Waals surface area contributed by atoms with Crippen molar-refractivity contribution < 1.29 is 18.8 Å². The van der Waals surface area contributed by atoms with Crippen LogP contribution in [-0.2, 0) is 0 Å². The molecular formula is C16H17N3O4. The Hall–Kier alpha value is -2.70. The van der Waals surface area contributed by atoms with Crippen LogP contribution in [0.25, 0.3) is 0 Å². The number of fused-ring (bicyclic) bond motifs is 1. The number of benzene rings is 1. The summed E-state index contributed by atoms with van der Waals surface area (Å²) < 4.78 is 15.7. The first kappa shape index (κ1) is 13.9. The third-order valence-corrected chi connectivity index (χ3v) is 4.13. The molecule has 2 aliphatic heterocycles. The third-order valence-electron chi connectivity index (χ3n) is 4.13. The Kier molecular flexibility index (Phi) is 3.33. The van der Waals surface area contributed by atoms with Crippen LogP contribution in [0.15, 0.2) is 28.8 Å². The Morgan fingerprint density at radius 3 is 3.00 bits per heavy atom. The maximum atomic E-state index is 12.6. The van der Waals surface area contributed by atoms with E-state index in [9.17, 15) is 4.79 Å². The maximum Gasteiger partial charge on any atom is 0.322 e. The van der Waals surface area contributed by atoms with E-state index < -0.39 is 0 Å². The molecule has 2 aliphatic rings. The van der Waals surface area contributed by atoms with Gasteiger partial charge in [-0.1, -0.05) is 5.16 Å². The van der Waals surface area contributed by atoms with Gasteiger partial charge in [0.1, 0.15) is 11.5 Å². The number of ether oxygens (including phenoxy) is 2. The minimum Gasteiger partial charge on any atom is -0.454 e. The van der Waals surface area contributed by atoms with Crippen molar-refractivity contribution in [2.45, 2.75) is 25.8 Å². The van der Waals surface area contributed by atoms with Crippen LogP contribution in [0.2, 0.25) is 0 Å². The molecule has 0 spiro atoms. The van der Waals surface area contributed by atoms with Crippen LogP contribution in [-0.4, -0.2) is 29.4 Å². The van der Waals surface area contributed by atoms with Gasteiger partial charge in [0.05, 0.1) is 6.04 Å². The molecule has 0 bridgehead atoms. The molecule has 1 saturated heterocycles. The van der Waals surface area contributed by atoms with E-state index in [4.69, 9.17) is 14.0 Å². The summed E-state index contributed by atoms with van der Waals surface area (Å²) in [6.45, 7) is 2.77. The van der Waals surface area contributed by atoms with Crippen LogP contribution in [0, 0.1) is 6.92 Å². The second kappa shape index (κ2) is 5.49. The van der Waals surface area contributed by atoms with E-state index in [1.54, 1.807) is 23.1 Å². The number of carbonyl (C=O) groups is 1. The molecule has 1 aromatic heterocycles. The zero-order valence-electron chi connectivity index (χ0n) is 12.7. The van der Waals surface area contributed by atoms with Crippen molar-refractivity contribution in [3.63, 3.8) is 0 Å². The summed E-state index contributed by atoms with van der Waals surface area (Å²) in [5.41, 5.74) is 1.49. The summed E-state index contributed by atoms with van der Waals surface area (Å²) in [6, 6.07) is 7.06. The summed E-state index contributed by atoms with van der Waals surface area (Å²) in [5, 5.41) is 6.96. The Morgan fingerprint density at radius 1 is 1.30 bits per heavy atom. The average Bonchev–Trinajstić information content (AvgIpc) is 3.26. The van der Waals surface area contributed by atoms with Crippen molar-refractivity contribution in [3.05, 3.63) is 35.7 Å². The van der Waals surface area contributed by atoms with Crippen LogP contribution in [0.5, 0.6) is 11.5 Å². The predicted molar refractivity (Wildman–Crippen MR) is 81.5 cm³/mol. The summed E-state index contributed by atoms with van der Waals surface area (Å²) in [6.07, 6.45) is 1.84. The molecule has 7 heteroatoms. The summed E-state index contributed by atoms with van der Waals surface area (Å²) >= 11 is 0. The summed E-state index contributed by atoms with van der Waals surface area (Å²) in [4.78, 5) is 14.4. The normalized spacial score (nSPS) is 19.2. The Bertz CT molecular complexity index is 743.